The molecule has 2 aromatic rings. The molecule has 19 heavy (non-hydrogen) atoms. The van der Waals surface area contributed by atoms with Crippen LogP contribution in [-0.2, 0) is 11.3 Å². The van der Waals surface area contributed by atoms with E-state index in [1.807, 2.05) is 31.3 Å². The molecule has 1 aliphatic heterocycles. The fraction of sp³-hybridized carbons (Fsp3) is 0.333. The summed E-state index contributed by atoms with van der Waals surface area (Å²) >= 11 is 0. The maximum atomic E-state index is 11.7. The van der Waals surface area contributed by atoms with Crippen LogP contribution in [0.4, 0.5) is 0 Å². The molecule has 1 aromatic heterocycles. The highest BCUT2D eigenvalue weighted by Gasteiger charge is 2.31. The van der Waals surface area contributed by atoms with Gasteiger partial charge in [0, 0.05) is 32.5 Å². The zero-order valence-electron chi connectivity index (χ0n) is 11.0. The quantitative estimate of drug-likeness (QED) is 0.788. The van der Waals surface area contributed by atoms with Gasteiger partial charge in [0.25, 0.3) is 0 Å². The number of hydrogen-bond acceptors (Lipinski definition) is 2. The van der Waals surface area contributed by atoms with E-state index in [4.69, 9.17) is 4.98 Å². The maximum Gasteiger partial charge on any atom is 0.223 e. The molecule has 0 spiro atoms. The number of likely N-dealkylation sites (N-methyl/N-ethyl adjacent to an activating group) is 1. The second-order valence-corrected chi connectivity index (χ2v) is 5.03. The highest BCUT2D eigenvalue weighted by Crippen LogP contribution is 2.29. The van der Waals surface area contributed by atoms with E-state index in [-0.39, 0.29) is 11.8 Å². The Balaban J connectivity index is 2.09. The van der Waals surface area contributed by atoms with Gasteiger partial charge in [-0.05, 0) is 12.1 Å². The van der Waals surface area contributed by atoms with Crippen LogP contribution < -0.4 is 0 Å². The van der Waals surface area contributed by atoms with Gasteiger partial charge in [0.2, 0.25) is 5.91 Å². The lowest BCUT2D eigenvalue weighted by molar-refractivity contribution is -0.126. The highest BCUT2D eigenvalue weighted by atomic mass is 16.2. The fourth-order valence-corrected chi connectivity index (χ4v) is 2.76. The molecule has 4 nitrogen and oxygen atoms in total. The number of carbonyl (C=O) groups excluding carboxylic acids is 1. The van der Waals surface area contributed by atoms with Crippen molar-refractivity contribution < 1.29 is 4.79 Å². The molecule has 1 saturated heterocycles. The number of benzene rings is 1. The number of amides is 1. The Labute approximate surface area is 112 Å². The minimum absolute atomic E-state index is 0.185. The van der Waals surface area contributed by atoms with Crippen molar-refractivity contribution in [2.24, 2.45) is 0 Å². The molecule has 2 heterocycles. The standard InChI is InChI=1S/C15H17N3O/c1-3-8-18-13-7-5-4-6-12(13)16-15(18)11-9-14(19)17(2)10-11/h3-7,11H,1,8-10H2,2H3/t11-/m0/s1. The number of imidazole rings is 1. The summed E-state index contributed by atoms with van der Waals surface area (Å²) in [5.41, 5.74) is 2.10. The Morgan fingerprint density at radius 1 is 1.47 bits per heavy atom. The van der Waals surface area contributed by atoms with Crippen molar-refractivity contribution in [2.45, 2.75) is 18.9 Å². The lowest BCUT2D eigenvalue weighted by Gasteiger charge is -2.12. The molecule has 1 atom stereocenters. The van der Waals surface area contributed by atoms with E-state index in [0.29, 0.717) is 6.42 Å². The zero-order chi connectivity index (χ0) is 13.4. The van der Waals surface area contributed by atoms with Crippen LogP contribution >= 0.6 is 0 Å². The second-order valence-electron chi connectivity index (χ2n) is 5.03. The van der Waals surface area contributed by atoms with Crippen LogP contribution in [0.15, 0.2) is 36.9 Å². The van der Waals surface area contributed by atoms with Crippen molar-refractivity contribution in [3.63, 3.8) is 0 Å². The summed E-state index contributed by atoms with van der Waals surface area (Å²) in [6.45, 7) is 5.29. The highest BCUT2D eigenvalue weighted by molar-refractivity contribution is 5.80. The van der Waals surface area contributed by atoms with Gasteiger partial charge in [-0.3, -0.25) is 4.79 Å². The van der Waals surface area contributed by atoms with E-state index in [2.05, 4.69) is 17.2 Å². The maximum absolute atomic E-state index is 11.7. The zero-order valence-corrected chi connectivity index (χ0v) is 11.0. The number of nitrogens with zero attached hydrogens (tertiary/aromatic N) is 3. The summed E-state index contributed by atoms with van der Waals surface area (Å²) in [4.78, 5) is 18.2. The van der Waals surface area contributed by atoms with E-state index in [0.717, 1.165) is 29.9 Å². The lowest BCUT2D eigenvalue weighted by atomic mass is 10.1. The number of para-hydroxylation sites is 2. The summed E-state index contributed by atoms with van der Waals surface area (Å²) in [5, 5.41) is 0. The summed E-state index contributed by atoms with van der Waals surface area (Å²) in [5.74, 6) is 1.38. The van der Waals surface area contributed by atoms with Crippen molar-refractivity contribution in [2.75, 3.05) is 13.6 Å². The Kier molecular flexibility index (Phi) is 2.85. The van der Waals surface area contributed by atoms with Crippen molar-refractivity contribution in [3.05, 3.63) is 42.7 Å². The minimum atomic E-state index is 0.185. The van der Waals surface area contributed by atoms with Crippen LogP contribution in [0.5, 0.6) is 0 Å². The first kappa shape index (κ1) is 12.0. The van der Waals surface area contributed by atoms with E-state index >= 15 is 0 Å². The van der Waals surface area contributed by atoms with Gasteiger partial charge in [-0.2, -0.15) is 0 Å². The molecule has 0 N–H and O–H groups in total. The third-order valence-electron chi connectivity index (χ3n) is 3.70. The Hall–Kier alpha value is -2.10. The number of carbonyl (C=O) groups is 1. The first-order valence-corrected chi connectivity index (χ1v) is 6.50. The molecule has 1 aliphatic rings. The third-order valence-corrected chi connectivity index (χ3v) is 3.70. The van der Waals surface area contributed by atoms with Gasteiger partial charge in [0.05, 0.1) is 11.0 Å². The van der Waals surface area contributed by atoms with Gasteiger partial charge in [-0.25, -0.2) is 4.98 Å². The third kappa shape index (κ3) is 1.93. The first-order chi connectivity index (χ1) is 9.20. The normalized spacial score (nSPS) is 19.3. The van der Waals surface area contributed by atoms with E-state index in [9.17, 15) is 4.79 Å². The van der Waals surface area contributed by atoms with Crippen LogP contribution in [0.2, 0.25) is 0 Å². The molecule has 98 valence electrons. The largest absolute Gasteiger partial charge is 0.345 e. The number of allylic oxidation sites excluding steroid dienone is 1. The van der Waals surface area contributed by atoms with Crippen molar-refractivity contribution in [1.29, 1.82) is 0 Å². The van der Waals surface area contributed by atoms with Gasteiger partial charge >= 0.3 is 0 Å². The van der Waals surface area contributed by atoms with Gasteiger partial charge in [-0.15, -0.1) is 6.58 Å². The number of rotatable bonds is 3. The fourth-order valence-electron chi connectivity index (χ4n) is 2.76. The molecule has 0 radical (unpaired) electrons. The van der Waals surface area contributed by atoms with Crippen LogP contribution in [0.1, 0.15) is 18.2 Å². The van der Waals surface area contributed by atoms with E-state index in [1.165, 1.54) is 0 Å². The number of hydrogen-bond donors (Lipinski definition) is 0. The first-order valence-electron chi connectivity index (χ1n) is 6.50. The minimum Gasteiger partial charge on any atom is -0.345 e. The molecule has 1 fully saturated rings. The molecule has 0 aliphatic carbocycles. The van der Waals surface area contributed by atoms with Crippen LogP contribution in [0, 0.1) is 0 Å². The SMILES string of the molecule is C=CCn1c([C@H]2CC(=O)N(C)C2)nc2ccccc21. The average Bonchev–Trinajstić information content (AvgIpc) is 2.92. The average molecular weight is 255 g/mol. The molecule has 0 saturated carbocycles. The van der Waals surface area contributed by atoms with Gasteiger partial charge in [0.1, 0.15) is 5.82 Å². The summed E-state index contributed by atoms with van der Waals surface area (Å²) in [7, 11) is 1.85. The van der Waals surface area contributed by atoms with E-state index < -0.39 is 0 Å². The topological polar surface area (TPSA) is 38.1 Å². The molecule has 4 heteroatoms. The second kappa shape index (κ2) is 4.53. The number of likely N-dealkylation sites (tertiary alicyclic amines) is 1. The molecule has 0 bridgehead atoms. The molecule has 0 unspecified atom stereocenters. The van der Waals surface area contributed by atoms with E-state index in [1.54, 1.807) is 4.90 Å². The molecule has 3 rings (SSSR count). The van der Waals surface area contributed by atoms with Crippen LogP contribution in [0.25, 0.3) is 11.0 Å². The summed E-state index contributed by atoms with van der Waals surface area (Å²) < 4.78 is 2.17. The lowest BCUT2D eigenvalue weighted by Crippen LogP contribution is -2.19. The Bertz CT molecular complexity index is 644. The van der Waals surface area contributed by atoms with Crippen LogP contribution in [0.3, 0.4) is 0 Å². The number of aromatic nitrogens is 2. The Morgan fingerprint density at radius 2 is 2.26 bits per heavy atom. The predicted octanol–water partition coefficient (Wildman–Crippen LogP) is 2.17. The smallest absolute Gasteiger partial charge is 0.223 e. The summed E-state index contributed by atoms with van der Waals surface area (Å²) in [6, 6.07) is 8.08. The van der Waals surface area contributed by atoms with Crippen molar-refractivity contribution in [1.82, 2.24) is 14.5 Å². The monoisotopic (exact) mass is 255 g/mol. The van der Waals surface area contributed by atoms with Crippen LogP contribution in [-0.4, -0.2) is 34.0 Å². The molecular weight excluding hydrogens is 238 g/mol. The van der Waals surface area contributed by atoms with Gasteiger partial charge < -0.3 is 9.47 Å². The number of fused-ring (bicyclic) bond motifs is 1. The summed E-state index contributed by atoms with van der Waals surface area (Å²) in [6.07, 6.45) is 2.43. The Morgan fingerprint density at radius 3 is 2.95 bits per heavy atom. The molecule has 1 aromatic carbocycles. The van der Waals surface area contributed by atoms with Gasteiger partial charge in [-0.1, -0.05) is 18.2 Å². The van der Waals surface area contributed by atoms with Gasteiger partial charge in [0.15, 0.2) is 0 Å². The predicted molar refractivity (Wildman–Crippen MR) is 74.9 cm³/mol. The molecular formula is C15H17N3O. The molecule has 1 amide bonds. The van der Waals surface area contributed by atoms with Crippen molar-refractivity contribution in [3.8, 4) is 0 Å². The van der Waals surface area contributed by atoms with Crippen molar-refractivity contribution >= 4 is 16.9 Å².